The van der Waals surface area contributed by atoms with E-state index in [-0.39, 0.29) is 18.1 Å². The summed E-state index contributed by atoms with van der Waals surface area (Å²) >= 11 is 1.22. The lowest BCUT2D eigenvalue weighted by Crippen LogP contribution is -2.23. The molecule has 3 rings (SSSR count). The van der Waals surface area contributed by atoms with Gasteiger partial charge in [0.05, 0.1) is 6.54 Å². The molecule has 1 amide bonds. The van der Waals surface area contributed by atoms with Crippen LogP contribution >= 0.6 is 11.3 Å². The Morgan fingerprint density at radius 2 is 2.27 bits per heavy atom. The molecule has 0 aliphatic carbocycles. The topological polar surface area (TPSA) is 82.5 Å². The van der Waals surface area contributed by atoms with Crippen LogP contribution in [-0.2, 0) is 13.0 Å². The van der Waals surface area contributed by atoms with Crippen LogP contribution in [0.25, 0.3) is 0 Å². The van der Waals surface area contributed by atoms with Gasteiger partial charge in [-0.05, 0) is 30.2 Å². The SMILES string of the molecule is CN1CCc2cc(C(=O)NCc3nc(C(=O)O)cs3)ccc21. The fourth-order valence-electron chi connectivity index (χ4n) is 2.46. The number of rotatable bonds is 4. The molecule has 0 saturated heterocycles. The van der Waals surface area contributed by atoms with E-state index in [1.165, 1.54) is 28.0 Å². The third kappa shape index (κ3) is 2.80. The first-order chi connectivity index (χ1) is 10.5. The van der Waals surface area contributed by atoms with Crippen LogP contribution in [0.2, 0.25) is 0 Å². The number of carbonyl (C=O) groups excluding carboxylic acids is 1. The summed E-state index contributed by atoms with van der Waals surface area (Å²) in [5, 5.41) is 13.6. The number of fused-ring (bicyclic) bond motifs is 1. The van der Waals surface area contributed by atoms with E-state index in [1.54, 1.807) is 6.07 Å². The summed E-state index contributed by atoms with van der Waals surface area (Å²) in [5.41, 5.74) is 2.97. The second-order valence-electron chi connectivity index (χ2n) is 5.13. The summed E-state index contributed by atoms with van der Waals surface area (Å²) < 4.78 is 0. The average molecular weight is 317 g/mol. The third-order valence-electron chi connectivity index (χ3n) is 3.64. The molecule has 6 nitrogen and oxygen atoms in total. The minimum atomic E-state index is -1.06. The van der Waals surface area contributed by atoms with Crippen LogP contribution in [0, 0.1) is 0 Å². The van der Waals surface area contributed by atoms with E-state index in [9.17, 15) is 9.59 Å². The van der Waals surface area contributed by atoms with Crippen LogP contribution in [0.5, 0.6) is 0 Å². The maximum absolute atomic E-state index is 12.2. The number of aromatic carboxylic acids is 1. The third-order valence-corrected chi connectivity index (χ3v) is 4.49. The van der Waals surface area contributed by atoms with Gasteiger partial charge in [-0.3, -0.25) is 4.79 Å². The van der Waals surface area contributed by atoms with Crippen molar-refractivity contribution in [3.05, 3.63) is 45.4 Å². The van der Waals surface area contributed by atoms with Crippen molar-refractivity contribution in [2.24, 2.45) is 0 Å². The summed E-state index contributed by atoms with van der Waals surface area (Å²) in [5.74, 6) is -1.24. The molecule has 0 bridgehead atoms. The molecule has 0 radical (unpaired) electrons. The Kier molecular flexibility index (Phi) is 3.81. The molecule has 0 fully saturated rings. The number of aromatic nitrogens is 1. The van der Waals surface area contributed by atoms with Gasteiger partial charge in [0.1, 0.15) is 5.01 Å². The molecule has 0 atom stereocenters. The van der Waals surface area contributed by atoms with Crippen molar-refractivity contribution in [3.8, 4) is 0 Å². The molecule has 0 spiro atoms. The Balaban J connectivity index is 1.66. The smallest absolute Gasteiger partial charge is 0.355 e. The maximum atomic E-state index is 12.2. The molecule has 22 heavy (non-hydrogen) atoms. The van der Waals surface area contributed by atoms with Crippen LogP contribution in [-0.4, -0.2) is 35.6 Å². The second kappa shape index (κ2) is 5.76. The predicted octanol–water partition coefficient (Wildman–Crippen LogP) is 1.76. The Labute approximate surface area is 131 Å². The number of nitrogens with one attached hydrogen (secondary N) is 1. The second-order valence-corrected chi connectivity index (χ2v) is 6.07. The number of benzene rings is 1. The lowest BCUT2D eigenvalue weighted by molar-refractivity contribution is 0.0691. The van der Waals surface area contributed by atoms with Crippen molar-refractivity contribution in [3.63, 3.8) is 0 Å². The van der Waals surface area contributed by atoms with Gasteiger partial charge >= 0.3 is 5.97 Å². The van der Waals surface area contributed by atoms with Crippen LogP contribution in [0.3, 0.4) is 0 Å². The lowest BCUT2D eigenvalue weighted by atomic mass is 10.1. The molecule has 1 aromatic heterocycles. The fourth-order valence-corrected chi connectivity index (χ4v) is 3.16. The summed E-state index contributed by atoms with van der Waals surface area (Å²) in [6.07, 6.45) is 0.946. The van der Waals surface area contributed by atoms with E-state index in [0.29, 0.717) is 10.6 Å². The van der Waals surface area contributed by atoms with E-state index < -0.39 is 5.97 Å². The summed E-state index contributed by atoms with van der Waals surface area (Å²) in [7, 11) is 2.04. The molecule has 114 valence electrons. The zero-order valence-electron chi connectivity index (χ0n) is 12.0. The Hall–Kier alpha value is -2.41. The van der Waals surface area contributed by atoms with Crippen LogP contribution in [0.1, 0.15) is 31.4 Å². The Morgan fingerprint density at radius 1 is 1.45 bits per heavy atom. The predicted molar refractivity (Wildman–Crippen MR) is 83.7 cm³/mol. The maximum Gasteiger partial charge on any atom is 0.355 e. The van der Waals surface area contributed by atoms with Gasteiger partial charge in [-0.2, -0.15) is 0 Å². The molecular weight excluding hydrogens is 302 g/mol. The largest absolute Gasteiger partial charge is 0.476 e. The minimum Gasteiger partial charge on any atom is -0.476 e. The molecule has 0 unspecified atom stereocenters. The quantitative estimate of drug-likeness (QED) is 0.898. The highest BCUT2D eigenvalue weighted by atomic mass is 32.1. The van der Waals surface area contributed by atoms with Gasteiger partial charge in [0.15, 0.2) is 5.69 Å². The van der Waals surface area contributed by atoms with Gasteiger partial charge in [-0.1, -0.05) is 0 Å². The molecule has 2 aromatic rings. The number of hydrogen-bond donors (Lipinski definition) is 2. The molecule has 0 saturated carbocycles. The number of carboxylic acid groups (broad SMARTS) is 1. The van der Waals surface area contributed by atoms with Crippen molar-refractivity contribution in [1.29, 1.82) is 0 Å². The van der Waals surface area contributed by atoms with E-state index in [0.717, 1.165) is 13.0 Å². The fraction of sp³-hybridized carbons (Fsp3) is 0.267. The van der Waals surface area contributed by atoms with Crippen molar-refractivity contribution in [2.75, 3.05) is 18.5 Å². The highest BCUT2D eigenvalue weighted by Crippen LogP contribution is 2.27. The van der Waals surface area contributed by atoms with Gasteiger partial charge in [-0.25, -0.2) is 9.78 Å². The summed E-state index contributed by atoms with van der Waals surface area (Å²) in [6, 6.07) is 5.68. The number of nitrogens with zero attached hydrogens (tertiary/aromatic N) is 2. The molecule has 1 aliphatic heterocycles. The number of likely N-dealkylation sites (N-methyl/N-ethyl adjacent to an activating group) is 1. The van der Waals surface area contributed by atoms with E-state index in [1.807, 2.05) is 19.2 Å². The van der Waals surface area contributed by atoms with Gasteiger partial charge in [0, 0.05) is 30.2 Å². The molecule has 7 heteroatoms. The van der Waals surface area contributed by atoms with Crippen molar-refractivity contribution in [1.82, 2.24) is 10.3 Å². The number of anilines is 1. The van der Waals surface area contributed by atoms with Crippen LogP contribution in [0.4, 0.5) is 5.69 Å². The highest BCUT2D eigenvalue weighted by Gasteiger charge is 2.17. The van der Waals surface area contributed by atoms with Crippen LogP contribution in [0.15, 0.2) is 23.6 Å². The highest BCUT2D eigenvalue weighted by molar-refractivity contribution is 7.09. The number of carbonyl (C=O) groups is 2. The average Bonchev–Trinajstić information content (AvgIpc) is 3.12. The summed E-state index contributed by atoms with van der Waals surface area (Å²) in [4.78, 5) is 29.0. The Bertz CT molecular complexity index is 741. The van der Waals surface area contributed by atoms with Gasteiger partial charge in [-0.15, -0.1) is 11.3 Å². The van der Waals surface area contributed by atoms with Crippen molar-refractivity contribution < 1.29 is 14.7 Å². The first-order valence-corrected chi connectivity index (χ1v) is 7.72. The van der Waals surface area contributed by atoms with E-state index in [2.05, 4.69) is 15.2 Å². The first kappa shape index (κ1) is 14.5. The standard InChI is InChI=1S/C15H15N3O3S/c1-18-5-4-9-6-10(2-3-12(9)18)14(19)16-7-13-17-11(8-22-13)15(20)21/h2-3,6,8H,4-5,7H2,1H3,(H,16,19)(H,20,21). The lowest BCUT2D eigenvalue weighted by Gasteiger charge is -2.12. The van der Waals surface area contributed by atoms with E-state index >= 15 is 0 Å². The molecule has 1 aliphatic rings. The monoisotopic (exact) mass is 317 g/mol. The zero-order chi connectivity index (χ0) is 15.7. The number of amides is 1. The normalized spacial score (nSPS) is 13.0. The van der Waals surface area contributed by atoms with Crippen LogP contribution < -0.4 is 10.2 Å². The Morgan fingerprint density at radius 3 is 3.00 bits per heavy atom. The van der Waals surface area contributed by atoms with Crippen molar-refractivity contribution in [2.45, 2.75) is 13.0 Å². The van der Waals surface area contributed by atoms with E-state index in [4.69, 9.17) is 5.11 Å². The number of hydrogen-bond acceptors (Lipinski definition) is 5. The first-order valence-electron chi connectivity index (χ1n) is 6.84. The van der Waals surface area contributed by atoms with Gasteiger partial charge in [0.25, 0.3) is 5.91 Å². The molecule has 2 N–H and O–H groups in total. The molecule has 1 aromatic carbocycles. The molecular formula is C15H15N3O3S. The number of thiazole rings is 1. The number of carboxylic acids is 1. The zero-order valence-corrected chi connectivity index (χ0v) is 12.8. The molecule has 2 heterocycles. The minimum absolute atomic E-state index is 0.00909. The van der Waals surface area contributed by atoms with Crippen molar-refractivity contribution >= 4 is 28.9 Å². The van der Waals surface area contributed by atoms with Gasteiger partial charge in [0.2, 0.25) is 0 Å². The summed E-state index contributed by atoms with van der Waals surface area (Å²) in [6.45, 7) is 1.20. The van der Waals surface area contributed by atoms with Gasteiger partial charge < -0.3 is 15.3 Å².